The molecular formula is C17H29NO. The molecule has 0 amide bonds. The van der Waals surface area contributed by atoms with E-state index in [0.29, 0.717) is 11.2 Å². The summed E-state index contributed by atoms with van der Waals surface area (Å²) >= 11 is 0. The zero-order chi connectivity index (χ0) is 14.3. The molecule has 2 N–H and O–H groups in total. The highest BCUT2D eigenvalue weighted by Gasteiger charge is 2.18. The molecule has 1 rings (SSSR count). The van der Waals surface area contributed by atoms with Gasteiger partial charge in [0.05, 0.1) is 0 Å². The number of unbranched alkanes of at least 4 members (excludes halogenated alkanes) is 2. The highest BCUT2D eigenvalue weighted by Crippen LogP contribution is 2.25. The second-order valence-electron chi connectivity index (χ2n) is 6.32. The molecule has 0 fully saturated rings. The van der Waals surface area contributed by atoms with Crippen LogP contribution in [0.1, 0.15) is 65.0 Å². The molecular weight excluding hydrogens is 234 g/mol. The largest absolute Gasteiger partial charge is 0.508 e. The molecule has 0 radical (unpaired) electrons. The minimum Gasteiger partial charge on any atom is -0.508 e. The monoisotopic (exact) mass is 263 g/mol. The fourth-order valence-electron chi connectivity index (χ4n) is 2.28. The van der Waals surface area contributed by atoms with E-state index in [1.807, 2.05) is 12.1 Å². The van der Waals surface area contributed by atoms with Crippen molar-refractivity contribution in [2.24, 2.45) is 5.41 Å². The van der Waals surface area contributed by atoms with Gasteiger partial charge in [0, 0.05) is 12.6 Å². The number of benzene rings is 1. The molecule has 2 nitrogen and oxygen atoms in total. The van der Waals surface area contributed by atoms with Crippen molar-refractivity contribution >= 4 is 0 Å². The maximum absolute atomic E-state index is 9.51. The maximum atomic E-state index is 9.51. The molecule has 1 aromatic rings. The number of hydrogen-bond donors (Lipinski definition) is 2. The van der Waals surface area contributed by atoms with Crippen molar-refractivity contribution in [2.45, 2.75) is 59.4 Å². The van der Waals surface area contributed by atoms with E-state index in [4.69, 9.17) is 0 Å². The average Bonchev–Trinajstić information content (AvgIpc) is 2.36. The molecule has 0 aliphatic rings. The predicted octanol–water partition coefficient (Wildman–Crippen LogP) is 4.65. The molecule has 0 heterocycles. The third-order valence-corrected chi connectivity index (χ3v) is 3.71. The topological polar surface area (TPSA) is 32.3 Å². The van der Waals surface area contributed by atoms with Crippen LogP contribution in [-0.2, 0) is 0 Å². The summed E-state index contributed by atoms with van der Waals surface area (Å²) in [5.41, 5.74) is 1.48. The number of hydrogen-bond acceptors (Lipinski definition) is 2. The second-order valence-corrected chi connectivity index (χ2v) is 6.32. The Hall–Kier alpha value is -1.02. The Morgan fingerprint density at radius 1 is 1.26 bits per heavy atom. The van der Waals surface area contributed by atoms with Gasteiger partial charge in [0.25, 0.3) is 0 Å². The van der Waals surface area contributed by atoms with Gasteiger partial charge in [-0.05, 0) is 36.5 Å². The predicted molar refractivity (Wildman–Crippen MR) is 82.4 cm³/mol. The highest BCUT2D eigenvalue weighted by molar-refractivity contribution is 5.29. The highest BCUT2D eigenvalue weighted by atomic mass is 16.3. The van der Waals surface area contributed by atoms with Gasteiger partial charge in [-0.2, -0.15) is 0 Å². The van der Waals surface area contributed by atoms with Crippen LogP contribution in [0.25, 0.3) is 0 Å². The van der Waals surface area contributed by atoms with Crippen LogP contribution in [0.2, 0.25) is 0 Å². The zero-order valence-electron chi connectivity index (χ0n) is 12.9. The van der Waals surface area contributed by atoms with Gasteiger partial charge in [-0.1, -0.05) is 52.2 Å². The van der Waals surface area contributed by atoms with Gasteiger partial charge in [-0.15, -0.1) is 0 Å². The van der Waals surface area contributed by atoms with Crippen LogP contribution < -0.4 is 5.32 Å². The van der Waals surface area contributed by atoms with E-state index in [2.05, 4.69) is 39.1 Å². The molecule has 0 bridgehead atoms. The Balaban J connectivity index is 2.42. The van der Waals surface area contributed by atoms with E-state index in [0.717, 1.165) is 12.1 Å². The van der Waals surface area contributed by atoms with Crippen LogP contribution in [0.3, 0.4) is 0 Å². The van der Waals surface area contributed by atoms with E-state index in [-0.39, 0.29) is 6.04 Å². The van der Waals surface area contributed by atoms with Gasteiger partial charge in [-0.25, -0.2) is 0 Å². The van der Waals surface area contributed by atoms with Crippen LogP contribution in [-0.4, -0.2) is 11.7 Å². The van der Waals surface area contributed by atoms with Crippen molar-refractivity contribution in [1.82, 2.24) is 5.32 Å². The number of nitrogens with one attached hydrogen (secondary N) is 1. The first-order chi connectivity index (χ1) is 8.94. The van der Waals surface area contributed by atoms with E-state index in [1.165, 1.54) is 25.7 Å². The molecule has 2 heteroatoms. The number of rotatable bonds is 8. The smallest absolute Gasteiger partial charge is 0.115 e. The third-order valence-electron chi connectivity index (χ3n) is 3.71. The number of phenols is 1. The van der Waals surface area contributed by atoms with Gasteiger partial charge in [0.1, 0.15) is 5.75 Å². The minimum atomic E-state index is 0.276. The molecule has 19 heavy (non-hydrogen) atoms. The summed E-state index contributed by atoms with van der Waals surface area (Å²) in [6, 6.07) is 7.78. The fraction of sp³-hybridized carbons (Fsp3) is 0.647. The summed E-state index contributed by atoms with van der Waals surface area (Å²) in [6.45, 7) is 10.1. The molecule has 0 saturated carbocycles. The standard InChI is InChI=1S/C17H29NO/c1-5-6-7-11-17(3,4)13-18-14(2)15-9-8-10-16(19)12-15/h8-10,12,14,18-19H,5-7,11,13H2,1-4H3. The van der Waals surface area contributed by atoms with Crippen molar-refractivity contribution in [3.63, 3.8) is 0 Å². The van der Waals surface area contributed by atoms with Crippen molar-refractivity contribution in [3.05, 3.63) is 29.8 Å². The summed E-state index contributed by atoms with van der Waals surface area (Å²) in [5.74, 6) is 0.341. The van der Waals surface area contributed by atoms with Gasteiger partial charge in [-0.3, -0.25) is 0 Å². The molecule has 0 saturated heterocycles. The SMILES string of the molecule is CCCCCC(C)(C)CNC(C)c1cccc(O)c1. The average molecular weight is 263 g/mol. The Morgan fingerprint density at radius 2 is 2.00 bits per heavy atom. The van der Waals surface area contributed by atoms with E-state index >= 15 is 0 Å². The summed E-state index contributed by atoms with van der Waals surface area (Å²) in [5, 5.41) is 13.1. The van der Waals surface area contributed by atoms with Crippen molar-refractivity contribution < 1.29 is 5.11 Å². The van der Waals surface area contributed by atoms with Crippen LogP contribution in [0, 0.1) is 5.41 Å². The lowest BCUT2D eigenvalue weighted by molar-refractivity contribution is 0.291. The fourth-order valence-corrected chi connectivity index (χ4v) is 2.28. The number of phenolic OH excluding ortho intramolecular Hbond substituents is 1. The minimum absolute atomic E-state index is 0.276. The first-order valence-corrected chi connectivity index (χ1v) is 7.47. The lowest BCUT2D eigenvalue weighted by Crippen LogP contribution is -2.31. The molecule has 0 spiro atoms. The summed E-state index contributed by atoms with van der Waals surface area (Å²) in [4.78, 5) is 0. The summed E-state index contributed by atoms with van der Waals surface area (Å²) in [7, 11) is 0. The Kier molecular flexibility index (Phi) is 6.36. The Labute approximate surface area is 118 Å². The second kappa shape index (κ2) is 7.54. The lowest BCUT2D eigenvalue weighted by Gasteiger charge is -2.27. The zero-order valence-corrected chi connectivity index (χ0v) is 12.9. The van der Waals surface area contributed by atoms with Gasteiger partial charge >= 0.3 is 0 Å². The third kappa shape index (κ3) is 6.11. The van der Waals surface area contributed by atoms with Crippen molar-refractivity contribution in [3.8, 4) is 5.75 Å². The van der Waals surface area contributed by atoms with Gasteiger partial charge < -0.3 is 10.4 Å². The van der Waals surface area contributed by atoms with Gasteiger partial charge in [0.2, 0.25) is 0 Å². The molecule has 1 aromatic carbocycles. The first-order valence-electron chi connectivity index (χ1n) is 7.47. The van der Waals surface area contributed by atoms with E-state index < -0.39 is 0 Å². The molecule has 0 aromatic heterocycles. The quantitative estimate of drug-likeness (QED) is 0.669. The molecule has 108 valence electrons. The van der Waals surface area contributed by atoms with Crippen LogP contribution >= 0.6 is 0 Å². The molecule has 1 atom stereocenters. The number of aromatic hydroxyl groups is 1. The summed E-state index contributed by atoms with van der Waals surface area (Å²) < 4.78 is 0. The molecule has 0 aliphatic heterocycles. The Bertz CT molecular complexity index is 373. The van der Waals surface area contributed by atoms with Gasteiger partial charge in [0.15, 0.2) is 0 Å². The van der Waals surface area contributed by atoms with Crippen LogP contribution in [0.4, 0.5) is 0 Å². The van der Waals surface area contributed by atoms with Crippen LogP contribution in [0.15, 0.2) is 24.3 Å². The van der Waals surface area contributed by atoms with Crippen molar-refractivity contribution in [1.29, 1.82) is 0 Å². The molecule has 1 unspecified atom stereocenters. The maximum Gasteiger partial charge on any atom is 0.115 e. The first kappa shape index (κ1) is 16.0. The van der Waals surface area contributed by atoms with E-state index in [9.17, 15) is 5.11 Å². The van der Waals surface area contributed by atoms with Crippen LogP contribution in [0.5, 0.6) is 5.75 Å². The lowest BCUT2D eigenvalue weighted by atomic mass is 9.86. The molecule has 0 aliphatic carbocycles. The Morgan fingerprint density at radius 3 is 2.63 bits per heavy atom. The van der Waals surface area contributed by atoms with Crippen molar-refractivity contribution in [2.75, 3.05) is 6.54 Å². The summed E-state index contributed by atoms with van der Waals surface area (Å²) in [6.07, 6.45) is 5.18. The normalized spacial score (nSPS) is 13.5. The van der Waals surface area contributed by atoms with E-state index in [1.54, 1.807) is 6.07 Å².